The molecule has 0 aliphatic heterocycles. The zero-order valence-corrected chi connectivity index (χ0v) is 13.7. The van der Waals surface area contributed by atoms with Crippen molar-refractivity contribution in [2.24, 2.45) is 0 Å². The minimum atomic E-state index is -0.199. The lowest BCUT2D eigenvalue weighted by Gasteiger charge is -2.04. The van der Waals surface area contributed by atoms with Crippen molar-refractivity contribution < 1.29 is 9.21 Å². The first-order valence-corrected chi connectivity index (χ1v) is 8.05. The summed E-state index contributed by atoms with van der Waals surface area (Å²) in [6, 6.07) is 16.8. The van der Waals surface area contributed by atoms with E-state index in [-0.39, 0.29) is 12.5 Å². The molecule has 0 spiro atoms. The molecule has 0 aliphatic carbocycles. The largest absolute Gasteiger partial charge is 0.439 e. The van der Waals surface area contributed by atoms with Crippen LogP contribution in [0, 0.1) is 0 Å². The van der Waals surface area contributed by atoms with Crippen LogP contribution in [0.25, 0.3) is 17.0 Å². The van der Waals surface area contributed by atoms with Crippen molar-refractivity contribution in [2.45, 2.75) is 6.54 Å². The molecule has 128 valence electrons. The Morgan fingerprint density at radius 3 is 2.62 bits per heavy atom. The van der Waals surface area contributed by atoms with E-state index in [2.05, 4.69) is 20.6 Å². The minimum Gasteiger partial charge on any atom is -0.439 e. The van der Waals surface area contributed by atoms with Crippen LogP contribution >= 0.6 is 0 Å². The van der Waals surface area contributed by atoms with Gasteiger partial charge in [0.1, 0.15) is 0 Å². The average Bonchev–Trinajstić information content (AvgIpc) is 3.39. The van der Waals surface area contributed by atoms with Crippen molar-refractivity contribution in [1.29, 1.82) is 0 Å². The van der Waals surface area contributed by atoms with Gasteiger partial charge in [-0.15, -0.1) is 5.10 Å². The van der Waals surface area contributed by atoms with Gasteiger partial charge in [-0.2, -0.15) is 0 Å². The average molecular weight is 345 g/mol. The number of oxazole rings is 1. The number of hydrogen-bond donors (Lipinski definition) is 1. The molecule has 0 saturated carbocycles. The Morgan fingerprint density at radius 2 is 1.88 bits per heavy atom. The molecule has 0 fully saturated rings. The van der Waals surface area contributed by atoms with E-state index in [9.17, 15) is 4.79 Å². The predicted octanol–water partition coefficient (Wildman–Crippen LogP) is 2.85. The zero-order chi connectivity index (χ0) is 17.8. The van der Waals surface area contributed by atoms with Crippen LogP contribution in [-0.2, 0) is 6.54 Å². The Bertz CT molecular complexity index is 992. The molecule has 7 nitrogen and oxygen atoms in total. The van der Waals surface area contributed by atoms with Crippen LogP contribution in [-0.4, -0.2) is 25.9 Å². The van der Waals surface area contributed by atoms with Gasteiger partial charge in [0, 0.05) is 11.1 Å². The standard InChI is InChI=1S/C19H15N5O2/c25-19(15-6-8-16(9-7-15)24-11-10-22-23-24)21-13-18-20-12-17(26-18)14-4-2-1-3-5-14/h1-12H,13H2,(H,21,25). The molecule has 0 unspecified atom stereocenters. The van der Waals surface area contributed by atoms with Crippen LogP contribution in [0.15, 0.2) is 77.6 Å². The van der Waals surface area contributed by atoms with Gasteiger partial charge in [0.15, 0.2) is 5.76 Å². The molecule has 0 bridgehead atoms. The Hall–Kier alpha value is -3.74. The maximum Gasteiger partial charge on any atom is 0.251 e. The van der Waals surface area contributed by atoms with Crippen molar-refractivity contribution in [2.75, 3.05) is 0 Å². The van der Waals surface area contributed by atoms with Gasteiger partial charge < -0.3 is 9.73 Å². The summed E-state index contributed by atoms with van der Waals surface area (Å²) in [5.41, 5.74) is 2.32. The number of benzene rings is 2. The highest BCUT2D eigenvalue weighted by Gasteiger charge is 2.10. The third kappa shape index (κ3) is 3.36. The van der Waals surface area contributed by atoms with Crippen molar-refractivity contribution in [1.82, 2.24) is 25.3 Å². The molecule has 2 aromatic carbocycles. The Kier molecular flexibility index (Phi) is 4.26. The molecule has 4 rings (SSSR count). The third-order valence-corrected chi connectivity index (χ3v) is 3.83. The van der Waals surface area contributed by atoms with Gasteiger partial charge in [-0.25, -0.2) is 9.67 Å². The van der Waals surface area contributed by atoms with Crippen LogP contribution in [0.2, 0.25) is 0 Å². The quantitative estimate of drug-likeness (QED) is 0.601. The van der Waals surface area contributed by atoms with Gasteiger partial charge in [-0.05, 0) is 24.3 Å². The lowest BCUT2D eigenvalue weighted by Crippen LogP contribution is -2.22. The number of carbonyl (C=O) groups is 1. The molecular weight excluding hydrogens is 330 g/mol. The maximum atomic E-state index is 12.3. The molecular formula is C19H15N5O2. The monoisotopic (exact) mass is 345 g/mol. The van der Waals surface area contributed by atoms with Gasteiger partial charge in [0.2, 0.25) is 5.89 Å². The summed E-state index contributed by atoms with van der Waals surface area (Å²) in [5.74, 6) is 0.929. The fraction of sp³-hybridized carbons (Fsp3) is 0.0526. The highest BCUT2D eigenvalue weighted by Crippen LogP contribution is 2.19. The summed E-state index contributed by atoms with van der Waals surface area (Å²) in [5, 5.41) is 10.5. The van der Waals surface area contributed by atoms with E-state index in [1.807, 2.05) is 42.5 Å². The SMILES string of the molecule is O=C(NCc1ncc(-c2ccccc2)o1)c1ccc(-n2ccnn2)cc1. The first-order chi connectivity index (χ1) is 12.8. The molecule has 0 aliphatic rings. The highest BCUT2D eigenvalue weighted by molar-refractivity contribution is 5.94. The first kappa shape index (κ1) is 15.8. The number of rotatable bonds is 5. The van der Waals surface area contributed by atoms with Crippen LogP contribution in [0.1, 0.15) is 16.2 Å². The number of hydrogen-bond acceptors (Lipinski definition) is 5. The van der Waals surface area contributed by atoms with E-state index in [1.54, 1.807) is 35.4 Å². The molecule has 1 N–H and O–H groups in total. The van der Waals surface area contributed by atoms with Gasteiger partial charge in [-0.3, -0.25) is 4.79 Å². The molecule has 4 aromatic rings. The lowest BCUT2D eigenvalue weighted by atomic mass is 10.2. The number of nitrogens with zero attached hydrogens (tertiary/aromatic N) is 4. The van der Waals surface area contributed by atoms with Crippen molar-refractivity contribution >= 4 is 5.91 Å². The summed E-state index contributed by atoms with van der Waals surface area (Å²) >= 11 is 0. The molecule has 2 heterocycles. The summed E-state index contributed by atoms with van der Waals surface area (Å²) < 4.78 is 7.30. The Balaban J connectivity index is 1.39. The van der Waals surface area contributed by atoms with Gasteiger partial charge >= 0.3 is 0 Å². The highest BCUT2D eigenvalue weighted by atomic mass is 16.4. The van der Waals surface area contributed by atoms with Crippen LogP contribution in [0.4, 0.5) is 0 Å². The normalized spacial score (nSPS) is 10.6. The van der Waals surface area contributed by atoms with Crippen LogP contribution in [0.3, 0.4) is 0 Å². The number of nitrogens with one attached hydrogen (secondary N) is 1. The number of aromatic nitrogens is 4. The minimum absolute atomic E-state index is 0.199. The van der Waals surface area contributed by atoms with E-state index in [0.29, 0.717) is 17.2 Å². The second-order valence-corrected chi connectivity index (χ2v) is 5.56. The Labute approximate surface area is 149 Å². The smallest absolute Gasteiger partial charge is 0.251 e. The maximum absolute atomic E-state index is 12.3. The summed E-state index contributed by atoms with van der Waals surface area (Å²) in [7, 11) is 0. The second-order valence-electron chi connectivity index (χ2n) is 5.56. The van der Waals surface area contributed by atoms with E-state index in [4.69, 9.17) is 4.42 Å². The van der Waals surface area contributed by atoms with Crippen molar-refractivity contribution in [3.8, 4) is 17.0 Å². The molecule has 2 aromatic heterocycles. The fourth-order valence-electron chi connectivity index (χ4n) is 2.50. The summed E-state index contributed by atoms with van der Waals surface area (Å²) in [4.78, 5) is 16.5. The molecule has 0 atom stereocenters. The third-order valence-electron chi connectivity index (χ3n) is 3.83. The van der Waals surface area contributed by atoms with E-state index >= 15 is 0 Å². The van der Waals surface area contributed by atoms with E-state index in [0.717, 1.165) is 11.3 Å². The molecule has 26 heavy (non-hydrogen) atoms. The first-order valence-electron chi connectivity index (χ1n) is 8.05. The van der Waals surface area contributed by atoms with E-state index < -0.39 is 0 Å². The predicted molar refractivity (Wildman–Crippen MR) is 94.5 cm³/mol. The molecule has 7 heteroatoms. The van der Waals surface area contributed by atoms with Crippen molar-refractivity contribution in [3.63, 3.8) is 0 Å². The fourth-order valence-corrected chi connectivity index (χ4v) is 2.50. The topological polar surface area (TPSA) is 85.8 Å². The Morgan fingerprint density at radius 1 is 1.08 bits per heavy atom. The van der Waals surface area contributed by atoms with Gasteiger partial charge in [0.25, 0.3) is 5.91 Å². The zero-order valence-electron chi connectivity index (χ0n) is 13.7. The van der Waals surface area contributed by atoms with Crippen LogP contribution in [0.5, 0.6) is 0 Å². The van der Waals surface area contributed by atoms with E-state index in [1.165, 1.54) is 0 Å². The summed E-state index contributed by atoms with van der Waals surface area (Å²) in [6.45, 7) is 0.219. The summed E-state index contributed by atoms with van der Waals surface area (Å²) in [6.07, 6.45) is 4.99. The molecule has 0 radical (unpaired) electrons. The van der Waals surface area contributed by atoms with Gasteiger partial charge in [-0.1, -0.05) is 35.5 Å². The second kappa shape index (κ2) is 7.02. The number of carbonyl (C=O) groups excluding carboxylic acids is 1. The number of amides is 1. The van der Waals surface area contributed by atoms with Crippen molar-refractivity contribution in [3.05, 3.63) is 84.6 Å². The molecule has 1 amide bonds. The van der Waals surface area contributed by atoms with Gasteiger partial charge in [0.05, 0.1) is 30.8 Å². The molecule has 0 saturated heterocycles. The van der Waals surface area contributed by atoms with Crippen LogP contribution < -0.4 is 5.32 Å². The lowest BCUT2D eigenvalue weighted by molar-refractivity contribution is 0.0947.